The highest BCUT2D eigenvalue weighted by Crippen LogP contribution is 2.17. The maximum Gasteiger partial charge on any atom is 0.191 e. The SMILES string of the molecule is CCNC(=NCC(c1cnn(C)c1)N(C)C)NCCN1CCOCC1. The lowest BCUT2D eigenvalue weighted by Crippen LogP contribution is -2.44. The van der Waals surface area contributed by atoms with Crippen molar-refractivity contribution in [1.29, 1.82) is 0 Å². The molecule has 25 heavy (non-hydrogen) atoms. The Balaban J connectivity index is 1.87. The van der Waals surface area contributed by atoms with E-state index in [1.165, 1.54) is 5.56 Å². The van der Waals surface area contributed by atoms with Gasteiger partial charge in [-0.15, -0.1) is 0 Å². The van der Waals surface area contributed by atoms with E-state index in [0.717, 1.165) is 51.9 Å². The highest BCUT2D eigenvalue weighted by Gasteiger charge is 2.16. The number of hydrogen-bond donors (Lipinski definition) is 2. The van der Waals surface area contributed by atoms with Crippen molar-refractivity contribution in [2.75, 3.05) is 66.6 Å². The molecule has 1 atom stereocenters. The Morgan fingerprint density at radius 3 is 2.72 bits per heavy atom. The van der Waals surface area contributed by atoms with Gasteiger partial charge < -0.3 is 20.3 Å². The van der Waals surface area contributed by atoms with E-state index in [0.29, 0.717) is 6.54 Å². The highest BCUT2D eigenvalue weighted by molar-refractivity contribution is 5.79. The monoisotopic (exact) mass is 351 g/mol. The summed E-state index contributed by atoms with van der Waals surface area (Å²) in [6.45, 7) is 9.21. The van der Waals surface area contributed by atoms with Crippen LogP contribution in [0, 0.1) is 0 Å². The molecule has 0 radical (unpaired) electrons. The van der Waals surface area contributed by atoms with Gasteiger partial charge in [-0.25, -0.2) is 0 Å². The maximum atomic E-state index is 5.39. The maximum absolute atomic E-state index is 5.39. The van der Waals surface area contributed by atoms with Crippen LogP contribution in [0.25, 0.3) is 0 Å². The van der Waals surface area contributed by atoms with Crippen LogP contribution in [0.15, 0.2) is 17.4 Å². The van der Waals surface area contributed by atoms with E-state index in [1.807, 2.05) is 17.9 Å². The van der Waals surface area contributed by atoms with E-state index >= 15 is 0 Å². The third-order valence-corrected chi connectivity index (χ3v) is 4.32. The third kappa shape index (κ3) is 6.64. The van der Waals surface area contributed by atoms with Crippen LogP contribution >= 0.6 is 0 Å². The number of guanidine groups is 1. The number of likely N-dealkylation sites (N-methyl/N-ethyl adjacent to an activating group) is 1. The molecule has 1 saturated heterocycles. The Hall–Kier alpha value is -1.64. The van der Waals surface area contributed by atoms with Crippen LogP contribution in [0.5, 0.6) is 0 Å². The number of rotatable bonds is 8. The van der Waals surface area contributed by atoms with E-state index in [4.69, 9.17) is 9.73 Å². The van der Waals surface area contributed by atoms with Crippen molar-refractivity contribution in [3.63, 3.8) is 0 Å². The van der Waals surface area contributed by atoms with E-state index in [1.54, 1.807) is 0 Å². The minimum atomic E-state index is 0.211. The van der Waals surface area contributed by atoms with Crippen molar-refractivity contribution in [3.8, 4) is 0 Å². The summed E-state index contributed by atoms with van der Waals surface area (Å²) in [6.07, 6.45) is 3.97. The Kier molecular flexibility index (Phi) is 8.17. The van der Waals surface area contributed by atoms with Gasteiger partial charge >= 0.3 is 0 Å². The number of ether oxygens (including phenoxy) is 1. The number of aliphatic imine (C=N–C) groups is 1. The van der Waals surface area contributed by atoms with Crippen LogP contribution in [0.3, 0.4) is 0 Å². The van der Waals surface area contributed by atoms with E-state index in [9.17, 15) is 0 Å². The zero-order valence-corrected chi connectivity index (χ0v) is 16.0. The van der Waals surface area contributed by atoms with Crippen molar-refractivity contribution in [2.45, 2.75) is 13.0 Å². The molecule has 2 rings (SSSR count). The summed E-state index contributed by atoms with van der Waals surface area (Å²) < 4.78 is 7.22. The molecule has 1 aliphatic rings. The summed E-state index contributed by atoms with van der Waals surface area (Å²) >= 11 is 0. The molecule has 8 nitrogen and oxygen atoms in total. The molecule has 1 aromatic rings. The van der Waals surface area contributed by atoms with Gasteiger partial charge in [0.1, 0.15) is 0 Å². The first-order chi connectivity index (χ1) is 12.1. The second-order valence-electron chi connectivity index (χ2n) is 6.53. The van der Waals surface area contributed by atoms with E-state index in [-0.39, 0.29) is 6.04 Å². The zero-order valence-electron chi connectivity index (χ0n) is 16.0. The van der Waals surface area contributed by atoms with Crippen LogP contribution in [-0.2, 0) is 11.8 Å². The predicted molar refractivity (Wildman–Crippen MR) is 101 cm³/mol. The topological polar surface area (TPSA) is 70.0 Å². The number of hydrogen-bond acceptors (Lipinski definition) is 5. The van der Waals surface area contributed by atoms with Crippen LogP contribution in [0.2, 0.25) is 0 Å². The second-order valence-corrected chi connectivity index (χ2v) is 6.53. The molecule has 2 heterocycles. The Labute approximate surface area is 151 Å². The van der Waals surface area contributed by atoms with Crippen molar-refractivity contribution in [1.82, 2.24) is 30.2 Å². The number of morpholine rings is 1. The molecule has 1 aromatic heterocycles. The third-order valence-electron chi connectivity index (χ3n) is 4.32. The van der Waals surface area contributed by atoms with Gasteiger partial charge in [0.05, 0.1) is 32.0 Å². The van der Waals surface area contributed by atoms with Gasteiger partial charge in [0.15, 0.2) is 5.96 Å². The first-order valence-electron chi connectivity index (χ1n) is 9.07. The smallest absolute Gasteiger partial charge is 0.191 e. The quantitative estimate of drug-likeness (QED) is 0.504. The molecule has 2 N–H and O–H groups in total. The van der Waals surface area contributed by atoms with Gasteiger partial charge in [-0.3, -0.25) is 14.6 Å². The Morgan fingerprint density at radius 2 is 2.12 bits per heavy atom. The fourth-order valence-corrected chi connectivity index (χ4v) is 2.86. The number of aryl methyl sites for hydroxylation is 1. The summed E-state index contributed by atoms with van der Waals surface area (Å²) in [6, 6.07) is 0.211. The summed E-state index contributed by atoms with van der Waals surface area (Å²) in [4.78, 5) is 9.37. The molecular weight excluding hydrogens is 318 g/mol. The number of nitrogens with one attached hydrogen (secondary N) is 2. The van der Waals surface area contributed by atoms with Crippen LogP contribution < -0.4 is 10.6 Å². The normalized spacial score (nSPS) is 17.7. The molecule has 8 heteroatoms. The molecule has 1 aliphatic heterocycles. The van der Waals surface area contributed by atoms with E-state index < -0.39 is 0 Å². The van der Waals surface area contributed by atoms with Gasteiger partial charge in [0.25, 0.3) is 0 Å². The molecule has 0 aromatic carbocycles. The Bertz CT molecular complexity index is 523. The van der Waals surface area contributed by atoms with Gasteiger partial charge in [-0.1, -0.05) is 0 Å². The van der Waals surface area contributed by atoms with Crippen LogP contribution in [0.4, 0.5) is 0 Å². The summed E-state index contributed by atoms with van der Waals surface area (Å²) in [5, 5.41) is 11.0. The Morgan fingerprint density at radius 1 is 1.36 bits per heavy atom. The number of nitrogens with zero attached hydrogens (tertiary/aromatic N) is 5. The summed E-state index contributed by atoms with van der Waals surface area (Å²) in [7, 11) is 6.09. The minimum absolute atomic E-state index is 0.211. The highest BCUT2D eigenvalue weighted by atomic mass is 16.5. The molecule has 0 saturated carbocycles. The van der Waals surface area contributed by atoms with Crippen molar-refractivity contribution in [3.05, 3.63) is 18.0 Å². The van der Waals surface area contributed by atoms with Gasteiger partial charge in [-0.2, -0.15) is 5.10 Å². The minimum Gasteiger partial charge on any atom is -0.379 e. The molecule has 0 amide bonds. The molecule has 0 aliphatic carbocycles. The standard InChI is InChI=1S/C17H33N7O/c1-5-18-17(19-6-7-24-8-10-25-11-9-24)20-13-16(22(2)3)15-12-21-23(4)14-15/h12,14,16H,5-11,13H2,1-4H3,(H2,18,19,20). The van der Waals surface area contributed by atoms with Gasteiger partial charge in [0, 0.05) is 51.5 Å². The summed E-state index contributed by atoms with van der Waals surface area (Å²) in [5.41, 5.74) is 1.18. The predicted octanol–water partition coefficient (Wildman–Crippen LogP) is -0.0899. The fourth-order valence-electron chi connectivity index (χ4n) is 2.86. The molecule has 1 unspecified atom stereocenters. The fraction of sp³-hybridized carbons (Fsp3) is 0.765. The lowest BCUT2D eigenvalue weighted by Gasteiger charge is -2.27. The van der Waals surface area contributed by atoms with E-state index in [2.05, 4.69) is 52.7 Å². The largest absolute Gasteiger partial charge is 0.379 e. The van der Waals surface area contributed by atoms with Crippen LogP contribution in [0.1, 0.15) is 18.5 Å². The van der Waals surface area contributed by atoms with Gasteiger partial charge in [0.2, 0.25) is 0 Å². The summed E-state index contributed by atoms with van der Waals surface area (Å²) in [5.74, 6) is 0.867. The molecule has 1 fully saturated rings. The zero-order chi connectivity index (χ0) is 18.1. The molecule has 0 spiro atoms. The second kappa shape index (κ2) is 10.4. The van der Waals surface area contributed by atoms with Crippen LogP contribution in [-0.4, -0.2) is 92.1 Å². The lowest BCUT2D eigenvalue weighted by atomic mass is 10.1. The first kappa shape index (κ1) is 19.7. The van der Waals surface area contributed by atoms with Crippen molar-refractivity contribution >= 4 is 5.96 Å². The first-order valence-corrected chi connectivity index (χ1v) is 9.07. The molecule has 142 valence electrons. The molecule has 0 bridgehead atoms. The van der Waals surface area contributed by atoms with Crippen molar-refractivity contribution < 1.29 is 4.74 Å². The van der Waals surface area contributed by atoms with Crippen molar-refractivity contribution in [2.24, 2.45) is 12.0 Å². The average Bonchev–Trinajstić information content (AvgIpc) is 3.02. The number of aromatic nitrogens is 2. The van der Waals surface area contributed by atoms with Gasteiger partial charge in [-0.05, 0) is 21.0 Å². The average molecular weight is 351 g/mol. The lowest BCUT2D eigenvalue weighted by molar-refractivity contribution is 0.0389. The molecular formula is C17H33N7O.